The minimum Gasteiger partial charge on any atom is -0.368 e. The lowest BCUT2D eigenvalue weighted by Gasteiger charge is -2.22. The second-order valence-electron chi connectivity index (χ2n) is 6.42. The van der Waals surface area contributed by atoms with Crippen LogP contribution in [0.3, 0.4) is 0 Å². The number of primary amides is 1. The Kier molecular flexibility index (Phi) is 7.28. The molecule has 0 fully saturated rings. The average Bonchev–Trinajstić information content (AvgIpc) is 2.67. The summed E-state index contributed by atoms with van der Waals surface area (Å²) in [5.41, 5.74) is 7.47. The number of nitrogens with one attached hydrogen (secondary N) is 2. The van der Waals surface area contributed by atoms with Crippen LogP contribution >= 0.6 is 0 Å². The molecule has 0 saturated heterocycles. The highest BCUT2D eigenvalue weighted by molar-refractivity contribution is 5.91. The second kappa shape index (κ2) is 9.88. The summed E-state index contributed by atoms with van der Waals surface area (Å²) < 4.78 is 0. The summed E-state index contributed by atoms with van der Waals surface area (Å²) in [5.74, 6) is -1.55. The van der Waals surface area contributed by atoms with E-state index in [9.17, 15) is 14.4 Å². The van der Waals surface area contributed by atoms with Crippen molar-refractivity contribution in [2.75, 3.05) is 0 Å². The zero-order valence-corrected chi connectivity index (χ0v) is 15.5. The Hall–Kier alpha value is -3.66. The van der Waals surface area contributed by atoms with Gasteiger partial charge in [-0.15, -0.1) is 0 Å². The molecular weight excluding hydrogens is 356 g/mol. The summed E-state index contributed by atoms with van der Waals surface area (Å²) >= 11 is 0. The van der Waals surface area contributed by atoms with Crippen LogP contribution < -0.4 is 16.4 Å². The highest BCUT2D eigenvalue weighted by Crippen LogP contribution is 2.09. The Morgan fingerprint density at radius 2 is 1.61 bits per heavy atom. The molecule has 0 aromatic heterocycles. The fourth-order valence-corrected chi connectivity index (χ4v) is 2.80. The maximum Gasteiger partial charge on any atom is 0.243 e. The van der Waals surface area contributed by atoms with Crippen LogP contribution in [-0.2, 0) is 27.2 Å². The summed E-state index contributed by atoms with van der Waals surface area (Å²) in [6, 6.07) is 16.2. The van der Waals surface area contributed by atoms with Crippen molar-refractivity contribution in [3.05, 3.63) is 71.3 Å². The molecule has 0 bridgehead atoms. The standard InChI is InChI=1S/C21H22N4O3/c1-14(26)24-19(11-15-6-3-2-4-7-15)21(28)25-18(20(23)27)12-16-8-5-9-17(10-16)13-22/h2-10,18-19H,11-12H2,1H3,(H2,23,27)(H,24,26)(H,25,28)/t18-,19+/m0/s1. The molecule has 0 spiro atoms. The number of rotatable bonds is 8. The van der Waals surface area contributed by atoms with Gasteiger partial charge in [0.15, 0.2) is 0 Å². The van der Waals surface area contributed by atoms with E-state index in [-0.39, 0.29) is 18.7 Å². The average molecular weight is 378 g/mol. The molecule has 0 aliphatic heterocycles. The molecule has 0 unspecified atom stereocenters. The molecule has 2 aromatic carbocycles. The van der Waals surface area contributed by atoms with Crippen LogP contribution in [0.2, 0.25) is 0 Å². The smallest absolute Gasteiger partial charge is 0.243 e. The van der Waals surface area contributed by atoms with Gasteiger partial charge in [0.05, 0.1) is 11.6 Å². The van der Waals surface area contributed by atoms with E-state index in [0.717, 1.165) is 5.56 Å². The second-order valence-corrected chi connectivity index (χ2v) is 6.42. The lowest BCUT2D eigenvalue weighted by Crippen LogP contribution is -2.54. The van der Waals surface area contributed by atoms with Gasteiger partial charge in [0.25, 0.3) is 0 Å². The van der Waals surface area contributed by atoms with E-state index >= 15 is 0 Å². The predicted molar refractivity (Wildman–Crippen MR) is 104 cm³/mol. The van der Waals surface area contributed by atoms with Crippen molar-refractivity contribution in [2.24, 2.45) is 5.73 Å². The molecule has 2 atom stereocenters. The van der Waals surface area contributed by atoms with Crippen LogP contribution in [0.15, 0.2) is 54.6 Å². The van der Waals surface area contributed by atoms with Gasteiger partial charge in [-0.3, -0.25) is 14.4 Å². The Labute approximate surface area is 163 Å². The van der Waals surface area contributed by atoms with Crippen LogP contribution in [-0.4, -0.2) is 29.8 Å². The summed E-state index contributed by atoms with van der Waals surface area (Å²) in [6.07, 6.45) is 0.427. The normalized spacial score (nSPS) is 12.3. The quantitative estimate of drug-likeness (QED) is 0.629. The van der Waals surface area contributed by atoms with Gasteiger partial charge >= 0.3 is 0 Å². The van der Waals surface area contributed by atoms with E-state index in [1.54, 1.807) is 24.3 Å². The van der Waals surface area contributed by atoms with Gasteiger partial charge in [0.1, 0.15) is 12.1 Å². The number of carbonyl (C=O) groups is 3. The molecule has 2 aromatic rings. The van der Waals surface area contributed by atoms with Crippen LogP contribution in [0.5, 0.6) is 0 Å². The molecule has 0 aliphatic carbocycles. The minimum atomic E-state index is -0.964. The fourth-order valence-electron chi connectivity index (χ4n) is 2.80. The molecule has 3 amide bonds. The Morgan fingerprint density at radius 3 is 2.21 bits per heavy atom. The summed E-state index contributed by atoms with van der Waals surface area (Å²) in [5, 5.41) is 14.2. The van der Waals surface area contributed by atoms with Crippen LogP contribution in [0, 0.1) is 11.3 Å². The molecule has 7 heteroatoms. The van der Waals surface area contributed by atoms with E-state index in [0.29, 0.717) is 11.1 Å². The van der Waals surface area contributed by atoms with E-state index < -0.39 is 23.9 Å². The Bertz CT molecular complexity index is 890. The van der Waals surface area contributed by atoms with Crippen molar-refractivity contribution in [3.8, 4) is 6.07 Å². The Balaban J connectivity index is 2.13. The van der Waals surface area contributed by atoms with Gasteiger partial charge in [-0.05, 0) is 23.3 Å². The predicted octanol–water partition coefficient (Wildman–Crippen LogP) is 0.818. The van der Waals surface area contributed by atoms with Crippen molar-refractivity contribution in [1.82, 2.24) is 10.6 Å². The lowest BCUT2D eigenvalue weighted by molar-refractivity contribution is -0.130. The van der Waals surface area contributed by atoms with Gasteiger partial charge in [-0.2, -0.15) is 5.26 Å². The summed E-state index contributed by atoms with van der Waals surface area (Å²) in [7, 11) is 0. The number of amides is 3. The maximum atomic E-state index is 12.7. The first-order chi connectivity index (χ1) is 13.4. The zero-order chi connectivity index (χ0) is 20.5. The number of nitriles is 1. The van der Waals surface area contributed by atoms with Gasteiger partial charge in [-0.1, -0.05) is 42.5 Å². The first-order valence-electron chi connectivity index (χ1n) is 8.79. The molecule has 4 N–H and O–H groups in total. The number of hydrogen-bond donors (Lipinski definition) is 3. The fraction of sp³-hybridized carbons (Fsp3) is 0.238. The first kappa shape index (κ1) is 20.6. The highest BCUT2D eigenvalue weighted by Gasteiger charge is 2.25. The third-order valence-electron chi connectivity index (χ3n) is 4.13. The third kappa shape index (κ3) is 6.25. The highest BCUT2D eigenvalue weighted by atomic mass is 16.2. The first-order valence-corrected chi connectivity index (χ1v) is 8.79. The number of hydrogen-bond acceptors (Lipinski definition) is 4. The van der Waals surface area contributed by atoms with Crippen LogP contribution in [0.4, 0.5) is 0 Å². The van der Waals surface area contributed by atoms with Crippen molar-refractivity contribution < 1.29 is 14.4 Å². The molecule has 0 aliphatic rings. The molecule has 7 nitrogen and oxygen atoms in total. The number of nitrogens with zero attached hydrogens (tertiary/aromatic N) is 1. The topological polar surface area (TPSA) is 125 Å². The van der Waals surface area contributed by atoms with Gasteiger partial charge < -0.3 is 16.4 Å². The summed E-state index contributed by atoms with van der Waals surface area (Å²) in [6.45, 7) is 1.32. The van der Waals surface area contributed by atoms with Gasteiger partial charge in [-0.25, -0.2) is 0 Å². The van der Waals surface area contributed by atoms with E-state index in [4.69, 9.17) is 11.0 Å². The third-order valence-corrected chi connectivity index (χ3v) is 4.13. The number of nitrogens with two attached hydrogens (primary N) is 1. The molecular formula is C21H22N4O3. The van der Waals surface area contributed by atoms with Crippen molar-refractivity contribution in [1.29, 1.82) is 5.26 Å². The molecule has 0 radical (unpaired) electrons. The minimum absolute atomic E-state index is 0.148. The molecule has 0 heterocycles. The van der Waals surface area contributed by atoms with E-state index in [1.165, 1.54) is 6.92 Å². The molecule has 144 valence electrons. The van der Waals surface area contributed by atoms with Crippen molar-refractivity contribution in [3.63, 3.8) is 0 Å². The lowest BCUT2D eigenvalue weighted by atomic mass is 10.0. The largest absolute Gasteiger partial charge is 0.368 e. The zero-order valence-electron chi connectivity index (χ0n) is 15.5. The maximum absolute atomic E-state index is 12.7. The van der Waals surface area contributed by atoms with Crippen molar-refractivity contribution in [2.45, 2.75) is 31.8 Å². The summed E-state index contributed by atoms with van der Waals surface area (Å²) in [4.78, 5) is 36.1. The van der Waals surface area contributed by atoms with Gasteiger partial charge in [0, 0.05) is 19.8 Å². The monoisotopic (exact) mass is 378 g/mol. The number of benzene rings is 2. The van der Waals surface area contributed by atoms with Crippen molar-refractivity contribution >= 4 is 17.7 Å². The number of carbonyl (C=O) groups excluding carboxylic acids is 3. The van der Waals surface area contributed by atoms with Crippen LogP contribution in [0.1, 0.15) is 23.6 Å². The SMILES string of the molecule is CC(=O)N[C@H](Cc1ccccc1)C(=O)N[C@@H](Cc1cccc(C#N)c1)C(N)=O. The molecule has 0 saturated carbocycles. The van der Waals surface area contributed by atoms with Crippen LogP contribution in [0.25, 0.3) is 0 Å². The Morgan fingerprint density at radius 1 is 0.964 bits per heavy atom. The molecule has 28 heavy (non-hydrogen) atoms. The van der Waals surface area contributed by atoms with Gasteiger partial charge in [0.2, 0.25) is 17.7 Å². The van der Waals surface area contributed by atoms with E-state index in [2.05, 4.69) is 10.6 Å². The molecule has 2 rings (SSSR count). The van der Waals surface area contributed by atoms with E-state index in [1.807, 2.05) is 36.4 Å².